The van der Waals surface area contributed by atoms with Crippen molar-refractivity contribution in [2.75, 3.05) is 0 Å². The topological polar surface area (TPSA) is 17.0 Å². The zero-order valence-electron chi connectivity index (χ0n) is 10.9. The van der Waals surface area contributed by atoms with Crippen LogP contribution in [-0.2, 0) is 13.6 Å². The first-order valence-corrected chi connectivity index (χ1v) is 6.43. The van der Waals surface area contributed by atoms with Crippen LogP contribution in [0, 0.1) is 13.8 Å². The highest BCUT2D eigenvalue weighted by Crippen LogP contribution is 2.27. The van der Waals surface area contributed by atoms with E-state index in [4.69, 9.17) is 0 Å². The van der Waals surface area contributed by atoms with E-state index >= 15 is 0 Å². The van der Waals surface area contributed by atoms with Gasteiger partial charge in [0.1, 0.15) is 0 Å². The van der Waals surface area contributed by atoms with Crippen molar-refractivity contribution in [1.82, 2.24) is 9.88 Å². The maximum Gasteiger partial charge on any atom is 0.0486 e. The molecule has 0 spiro atoms. The van der Waals surface area contributed by atoms with Gasteiger partial charge in [0.2, 0.25) is 0 Å². The third-order valence-corrected chi connectivity index (χ3v) is 3.67. The summed E-state index contributed by atoms with van der Waals surface area (Å²) in [6, 6.07) is 5.34. The number of benzene rings is 1. The molecule has 0 saturated heterocycles. The van der Waals surface area contributed by atoms with Crippen LogP contribution in [0.2, 0.25) is 0 Å². The largest absolute Gasteiger partial charge is 0.350 e. The van der Waals surface area contributed by atoms with Gasteiger partial charge in [-0.3, -0.25) is 0 Å². The smallest absolute Gasteiger partial charge is 0.0486 e. The summed E-state index contributed by atoms with van der Waals surface area (Å²) < 4.78 is 2.25. The first-order valence-electron chi connectivity index (χ1n) is 6.43. The molecule has 0 amide bonds. The Kier molecular flexibility index (Phi) is 2.48. The van der Waals surface area contributed by atoms with Crippen LogP contribution < -0.4 is 5.32 Å². The van der Waals surface area contributed by atoms with E-state index in [1.165, 1.54) is 40.4 Å². The second-order valence-electron chi connectivity index (χ2n) is 5.40. The molecule has 90 valence electrons. The van der Waals surface area contributed by atoms with Gasteiger partial charge in [-0.1, -0.05) is 6.07 Å². The summed E-state index contributed by atoms with van der Waals surface area (Å²) in [5.74, 6) is 0. The van der Waals surface area contributed by atoms with Gasteiger partial charge in [0.25, 0.3) is 0 Å². The highest BCUT2D eigenvalue weighted by Gasteiger charge is 2.21. The molecule has 3 rings (SSSR count). The van der Waals surface area contributed by atoms with Crippen molar-refractivity contribution in [2.24, 2.45) is 7.05 Å². The second kappa shape index (κ2) is 3.88. The van der Waals surface area contributed by atoms with E-state index in [2.05, 4.69) is 49.1 Å². The summed E-state index contributed by atoms with van der Waals surface area (Å²) in [7, 11) is 2.14. The fourth-order valence-corrected chi connectivity index (χ4v) is 2.68. The third-order valence-electron chi connectivity index (χ3n) is 3.67. The van der Waals surface area contributed by atoms with E-state index in [1.807, 2.05) is 0 Å². The van der Waals surface area contributed by atoms with Crippen molar-refractivity contribution in [1.29, 1.82) is 0 Å². The van der Waals surface area contributed by atoms with Gasteiger partial charge >= 0.3 is 0 Å². The van der Waals surface area contributed by atoms with Crippen molar-refractivity contribution < 1.29 is 0 Å². The Morgan fingerprint density at radius 1 is 1.29 bits per heavy atom. The third kappa shape index (κ3) is 1.98. The van der Waals surface area contributed by atoms with Gasteiger partial charge < -0.3 is 9.88 Å². The standard InChI is InChI=1S/C15H20N2/c1-10-6-11(2)15-12(8-16-13-4-5-13)9-17(3)14(15)7-10/h6-7,9,13,16H,4-5,8H2,1-3H3. The fourth-order valence-electron chi connectivity index (χ4n) is 2.68. The number of fused-ring (bicyclic) bond motifs is 1. The Morgan fingerprint density at radius 2 is 2.06 bits per heavy atom. The molecule has 17 heavy (non-hydrogen) atoms. The quantitative estimate of drug-likeness (QED) is 0.854. The van der Waals surface area contributed by atoms with Crippen LogP contribution >= 0.6 is 0 Å². The molecule has 2 heteroatoms. The van der Waals surface area contributed by atoms with Crippen LogP contribution in [0.5, 0.6) is 0 Å². The normalized spacial score (nSPS) is 15.7. The van der Waals surface area contributed by atoms with E-state index in [0.717, 1.165) is 12.6 Å². The Bertz CT molecular complexity index is 562. The van der Waals surface area contributed by atoms with Crippen LogP contribution in [0.4, 0.5) is 0 Å². The molecule has 1 heterocycles. The molecule has 0 bridgehead atoms. The number of nitrogens with one attached hydrogen (secondary N) is 1. The summed E-state index contributed by atoms with van der Waals surface area (Å²) in [6.45, 7) is 5.39. The maximum absolute atomic E-state index is 3.61. The molecule has 1 N–H and O–H groups in total. The molecule has 0 aliphatic heterocycles. The van der Waals surface area contributed by atoms with Crippen LogP contribution in [0.25, 0.3) is 10.9 Å². The fraction of sp³-hybridized carbons (Fsp3) is 0.467. The van der Waals surface area contributed by atoms with Gasteiger partial charge in [-0.15, -0.1) is 0 Å². The zero-order valence-corrected chi connectivity index (χ0v) is 10.9. The number of nitrogens with zero attached hydrogens (tertiary/aromatic N) is 1. The van der Waals surface area contributed by atoms with Crippen LogP contribution in [-0.4, -0.2) is 10.6 Å². The van der Waals surface area contributed by atoms with E-state index in [-0.39, 0.29) is 0 Å². The SMILES string of the molecule is Cc1cc(C)c2c(CNC3CC3)cn(C)c2c1. The molecule has 1 aromatic heterocycles. The molecule has 2 nitrogen and oxygen atoms in total. The molecule has 0 atom stereocenters. The predicted octanol–water partition coefficient (Wildman–Crippen LogP) is 3.05. The van der Waals surface area contributed by atoms with Crippen LogP contribution in [0.1, 0.15) is 29.5 Å². The number of aromatic nitrogens is 1. The molecule has 1 aliphatic carbocycles. The summed E-state index contributed by atoms with van der Waals surface area (Å²) in [5.41, 5.74) is 5.54. The number of rotatable bonds is 3. The van der Waals surface area contributed by atoms with Gasteiger partial charge in [-0.25, -0.2) is 0 Å². The summed E-state index contributed by atoms with van der Waals surface area (Å²) in [4.78, 5) is 0. The highest BCUT2D eigenvalue weighted by molar-refractivity contribution is 5.87. The van der Waals surface area contributed by atoms with E-state index < -0.39 is 0 Å². The van der Waals surface area contributed by atoms with Crippen molar-refractivity contribution in [3.63, 3.8) is 0 Å². The van der Waals surface area contributed by atoms with Gasteiger partial charge in [0, 0.05) is 36.7 Å². The number of aryl methyl sites for hydroxylation is 3. The lowest BCUT2D eigenvalue weighted by Gasteiger charge is -2.05. The van der Waals surface area contributed by atoms with Gasteiger partial charge in [-0.05, 0) is 49.4 Å². The van der Waals surface area contributed by atoms with Crippen molar-refractivity contribution in [3.8, 4) is 0 Å². The summed E-state index contributed by atoms with van der Waals surface area (Å²) in [6.07, 6.45) is 4.97. The lowest BCUT2D eigenvalue weighted by molar-refractivity contribution is 0.689. The number of hydrogen-bond donors (Lipinski definition) is 1. The number of hydrogen-bond acceptors (Lipinski definition) is 1. The minimum Gasteiger partial charge on any atom is -0.350 e. The van der Waals surface area contributed by atoms with Gasteiger partial charge in [-0.2, -0.15) is 0 Å². The van der Waals surface area contributed by atoms with E-state index in [0.29, 0.717) is 0 Å². The molecule has 0 radical (unpaired) electrons. The predicted molar refractivity (Wildman–Crippen MR) is 72.3 cm³/mol. The summed E-state index contributed by atoms with van der Waals surface area (Å²) in [5, 5.41) is 5.04. The molecular formula is C15H20N2. The van der Waals surface area contributed by atoms with Crippen molar-refractivity contribution >= 4 is 10.9 Å². The molecule has 1 aromatic carbocycles. The van der Waals surface area contributed by atoms with Crippen LogP contribution in [0.3, 0.4) is 0 Å². The lowest BCUT2D eigenvalue weighted by atomic mass is 10.0. The monoisotopic (exact) mass is 228 g/mol. The van der Waals surface area contributed by atoms with Gasteiger partial charge in [0.15, 0.2) is 0 Å². The Balaban J connectivity index is 2.04. The average Bonchev–Trinajstić information content (AvgIpc) is 3.02. The maximum atomic E-state index is 3.61. The molecule has 2 aromatic rings. The Hall–Kier alpha value is -1.28. The van der Waals surface area contributed by atoms with Crippen LogP contribution in [0.15, 0.2) is 18.3 Å². The van der Waals surface area contributed by atoms with Gasteiger partial charge in [0.05, 0.1) is 0 Å². The first kappa shape index (κ1) is 10.8. The second-order valence-corrected chi connectivity index (χ2v) is 5.40. The lowest BCUT2D eigenvalue weighted by Crippen LogP contribution is -2.15. The molecule has 1 aliphatic rings. The van der Waals surface area contributed by atoms with Crippen molar-refractivity contribution in [2.45, 2.75) is 39.3 Å². The molecule has 0 unspecified atom stereocenters. The minimum atomic E-state index is 0.774. The molecule has 1 fully saturated rings. The van der Waals surface area contributed by atoms with E-state index in [9.17, 15) is 0 Å². The Labute approximate surface area is 103 Å². The average molecular weight is 228 g/mol. The molecular weight excluding hydrogens is 208 g/mol. The zero-order chi connectivity index (χ0) is 12.0. The van der Waals surface area contributed by atoms with Crippen molar-refractivity contribution in [3.05, 3.63) is 35.0 Å². The first-order chi connectivity index (χ1) is 8.15. The molecule has 1 saturated carbocycles. The summed E-state index contributed by atoms with van der Waals surface area (Å²) >= 11 is 0. The highest BCUT2D eigenvalue weighted by atomic mass is 15.0. The minimum absolute atomic E-state index is 0.774. The van der Waals surface area contributed by atoms with E-state index in [1.54, 1.807) is 0 Å². The Morgan fingerprint density at radius 3 is 2.76 bits per heavy atom.